The molecule has 0 bridgehead atoms. The van der Waals surface area contributed by atoms with Gasteiger partial charge in [-0.15, -0.1) is 0 Å². The number of methoxy groups -OCH3 is 1. The molecule has 2 aromatic heterocycles. The maximum absolute atomic E-state index is 5.95. The van der Waals surface area contributed by atoms with Crippen LogP contribution in [0.3, 0.4) is 0 Å². The van der Waals surface area contributed by atoms with E-state index in [4.69, 9.17) is 16.3 Å². The lowest BCUT2D eigenvalue weighted by molar-refractivity contribution is 0.0379. The van der Waals surface area contributed by atoms with Gasteiger partial charge in [-0.2, -0.15) is 13.5 Å². The summed E-state index contributed by atoms with van der Waals surface area (Å²) in [7, 11) is 1.69. The van der Waals surface area contributed by atoms with Crippen molar-refractivity contribution in [1.29, 1.82) is 0 Å². The summed E-state index contributed by atoms with van der Waals surface area (Å²) in [6, 6.07) is 0. The van der Waals surface area contributed by atoms with E-state index >= 15 is 0 Å². The Morgan fingerprint density at radius 2 is 2.17 bits per heavy atom. The average molecular weight is 289 g/mol. The highest BCUT2D eigenvalue weighted by atomic mass is 35.5. The van der Waals surface area contributed by atoms with E-state index in [1.54, 1.807) is 13.4 Å². The van der Waals surface area contributed by atoms with Crippen LogP contribution in [0.5, 0.6) is 0 Å². The number of imidazole rings is 1. The molecule has 100 valence electrons. The first-order chi connectivity index (χ1) is 8.27. The fourth-order valence-electron chi connectivity index (χ4n) is 1.78. The van der Waals surface area contributed by atoms with Crippen LogP contribution >= 0.6 is 25.1 Å². The van der Waals surface area contributed by atoms with Gasteiger partial charge in [-0.05, 0) is 12.8 Å². The lowest BCUT2D eigenvalue weighted by atomic mass is 10.2. The summed E-state index contributed by atoms with van der Waals surface area (Å²) < 4.78 is 7.37. The minimum Gasteiger partial charge on any atom is -0.361 e. The molecular formula is C11H17ClN4OS. The number of halogens is 1. The highest BCUT2D eigenvalue weighted by Crippen LogP contribution is 2.23. The van der Waals surface area contributed by atoms with Gasteiger partial charge in [0.05, 0.1) is 6.33 Å². The van der Waals surface area contributed by atoms with Crippen LogP contribution in [0.25, 0.3) is 11.2 Å². The molecule has 5 nitrogen and oxygen atoms in total. The molecule has 0 aliphatic heterocycles. The minimum absolute atomic E-state index is 0. The predicted molar refractivity (Wildman–Crippen MR) is 76.3 cm³/mol. The highest BCUT2D eigenvalue weighted by molar-refractivity contribution is 7.59. The third-order valence-electron chi connectivity index (χ3n) is 2.70. The van der Waals surface area contributed by atoms with Crippen LogP contribution in [0.15, 0.2) is 12.7 Å². The van der Waals surface area contributed by atoms with Crippen molar-refractivity contribution in [2.75, 3.05) is 7.11 Å². The first-order valence-corrected chi connectivity index (χ1v) is 6.01. The zero-order valence-electron chi connectivity index (χ0n) is 10.4. The first-order valence-electron chi connectivity index (χ1n) is 5.63. The number of rotatable bonds is 5. The van der Waals surface area contributed by atoms with Gasteiger partial charge in [-0.1, -0.05) is 24.9 Å². The van der Waals surface area contributed by atoms with Crippen LogP contribution in [-0.2, 0) is 4.74 Å². The lowest BCUT2D eigenvalue weighted by Crippen LogP contribution is -2.10. The molecule has 2 aromatic rings. The topological polar surface area (TPSA) is 52.8 Å². The molecule has 7 heteroatoms. The summed E-state index contributed by atoms with van der Waals surface area (Å²) in [4.78, 5) is 12.3. The van der Waals surface area contributed by atoms with Crippen LogP contribution in [0.4, 0.5) is 0 Å². The number of unbranched alkanes of at least 4 members (excludes halogenated alkanes) is 1. The van der Waals surface area contributed by atoms with Crippen LogP contribution in [0.2, 0.25) is 5.15 Å². The average Bonchev–Trinajstić information content (AvgIpc) is 2.76. The van der Waals surface area contributed by atoms with Crippen LogP contribution < -0.4 is 0 Å². The van der Waals surface area contributed by atoms with Crippen LogP contribution in [0.1, 0.15) is 32.4 Å². The first kappa shape index (κ1) is 15.2. The van der Waals surface area contributed by atoms with E-state index in [1.165, 1.54) is 6.33 Å². The quantitative estimate of drug-likeness (QED) is 0.794. The van der Waals surface area contributed by atoms with Gasteiger partial charge < -0.3 is 4.74 Å². The Morgan fingerprint density at radius 1 is 1.39 bits per heavy atom. The Hall–Kier alpha value is -0.850. The second-order valence-corrected chi connectivity index (χ2v) is 4.18. The Labute approximate surface area is 118 Å². The second-order valence-electron chi connectivity index (χ2n) is 3.82. The zero-order valence-corrected chi connectivity index (χ0v) is 12.2. The van der Waals surface area contributed by atoms with E-state index in [-0.39, 0.29) is 19.7 Å². The van der Waals surface area contributed by atoms with Crippen molar-refractivity contribution < 1.29 is 4.74 Å². The van der Waals surface area contributed by atoms with Crippen molar-refractivity contribution in [1.82, 2.24) is 19.5 Å². The summed E-state index contributed by atoms with van der Waals surface area (Å²) in [5.74, 6) is 0. The van der Waals surface area contributed by atoms with Gasteiger partial charge in [0, 0.05) is 7.11 Å². The molecule has 18 heavy (non-hydrogen) atoms. The van der Waals surface area contributed by atoms with Crippen LogP contribution in [0, 0.1) is 0 Å². The van der Waals surface area contributed by atoms with Gasteiger partial charge in [-0.3, -0.25) is 4.57 Å². The second kappa shape index (κ2) is 6.92. The molecule has 0 aromatic carbocycles. The van der Waals surface area contributed by atoms with Gasteiger partial charge >= 0.3 is 0 Å². The molecule has 1 unspecified atom stereocenters. The van der Waals surface area contributed by atoms with Crippen molar-refractivity contribution in [3.05, 3.63) is 17.8 Å². The zero-order chi connectivity index (χ0) is 12.3. The molecule has 0 amide bonds. The molecule has 0 fully saturated rings. The van der Waals surface area contributed by atoms with Gasteiger partial charge in [0.2, 0.25) is 0 Å². The minimum atomic E-state index is -0.0501. The monoisotopic (exact) mass is 288 g/mol. The Morgan fingerprint density at radius 3 is 2.83 bits per heavy atom. The number of fused-ring (bicyclic) bond motifs is 1. The normalized spacial score (nSPS) is 12.4. The van der Waals surface area contributed by atoms with E-state index in [1.807, 2.05) is 4.57 Å². The Bertz CT molecular complexity index is 505. The van der Waals surface area contributed by atoms with Crippen molar-refractivity contribution in [3.8, 4) is 0 Å². The summed E-state index contributed by atoms with van der Waals surface area (Å²) >= 11 is 5.95. The number of hydrogen-bond acceptors (Lipinski definition) is 4. The van der Waals surface area contributed by atoms with Gasteiger partial charge in [0.25, 0.3) is 0 Å². The molecule has 0 radical (unpaired) electrons. The molecule has 2 rings (SSSR count). The molecule has 0 saturated heterocycles. The van der Waals surface area contributed by atoms with E-state index in [0.29, 0.717) is 16.3 Å². The number of hydrogen-bond donors (Lipinski definition) is 0. The Kier molecular flexibility index (Phi) is 5.84. The Balaban J connectivity index is 0.00000162. The maximum Gasteiger partial charge on any atom is 0.166 e. The molecule has 0 aliphatic carbocycles. The van der Waals surface area contributed by atoms with E-state index in [0.717, 1.165) is 19.3 Å². The molecule has 1 atom stereocenters. The number of ether oxygens (including phenoxy) is 1. The number of nitrogens with zero attached hydrogens (tertiary/aromatic N) is 4. The molecule has 0 saturated carbocycles. The molecule has 0 spiro atoms. The smallest absolute Gasteiger partial charge is 0.166 e. The van der Waals surface area contributed by atoms with E-state index in [9.17, 15) is 0 Å². The fraction of sp³-hybridized carbons (Fsp3) is 0.545. The predicted octanol–water partition coefficient (Wildman–Crippen LogP) is 2.93. The molecular weight excluding hydrogens is 272 g/mol. The third-order valence-corrected chi connectivity index (χ3v) is 2.98. The van der Waals surface area contributed by atoms with Crippen molar-refractivity contribution in [2.45, 2.75) is 32.4 Å². The van der Waals surface area contributed by atoms with Gasteiger partial charge in [-0.25, -0.2) is 15.0 Å². The van der Waals surface area contributed by atoms with Gasteiger partial charge in [0.1, 0.15) is 18.1 Å². The van der Waals surface area contributed by atoms with Gasteiger partial charge in [0.15, 0.2) is 10.8 Å². The molecule has 0 aliphatic rings. The summed E-state index contributed by atoms with van der Waals surface area (Å²) in [6.07, 6.45) is 6.25. The van der Waals surface area contributed by atoms with Crippen LogP contribution in [-0.4, -0.2) is 26.6 Å². The summed E-state index contributed by atoms with van der Waals surface area (Å²) in [5.41, 5.74) is 1.33. The SMILES string of the molecule is CCCCC(OC)n1cnc2c(Cl)ncnc21.S. The fourth-order valence-corrected chi connectivity index (χ4v) is 1.96. The molecule has 0 N–H and O–H groups in total. The maximum atomic E-state index is 5.95. The standard InChI is InChI=1S/C11H15ClN4O.H2S/c1-3-4-5-8(17-2)16-7-15-9-10(12)13-6-14-11(9)16;/h6-8H,3-5H2,1-2H3;1H2. The number of aromatic nitrogens is 4. The van der Waals surface area contributed by atoms with E-state index < -0.39 is 0 Å². The van der Waals surface area contributed by atoms with E-state index in [2.05, 4.69) is 21.9 Å². The largest absolute Gasteiger partial charge is 0.361 e. The van der Waals surface area contributed by atoms with Crippen molar-refractivity contribution in [2.24, 2.45) is 0 Å². The lowest BCUT2D eigenvalue weighted by Gasteiger charge is -2.16. The third kappa shape index (κ3) is 2.93. The summed E-state index contributed by atoms with van der Waals surface area (Å²) in [6.45, 7) is 2.15. The molecule has 2 heterocycles. The van der Waals surface area contributed by atoms with Crippen molar-refractivity contribution >= 4 is 36.3 Å². The highest BCUT2D eigenvalue weighted by Gasteiger charge is 2.15. The van der Waals surface area contributed by atoms with Crippen molar-refractivity contribution in [3.63, 3.8) is 0 Å². The summed E-state index contributed by atoms with van der Waals surface area (Å²) in [5, 5.41) is 0.374.